The molecule has 0 spiro atoms. The van der Waals surface area contributed by atoms with Crippen LogP contribution in [0.15, 0.2) is 48.5 Å². The number of anilines is 1. The molecule has 1 aliphatic carbocycles. The number of benzene rings is 2. The van der Waals surface area contributed by atoms with Crippen LogP contribution in [0.25, 0.3) is 22.4 Å². The number of para-hydroxylation sites is 2. The maximum Gasteiger partial charge on any atom is 0.256 e. The number of rotatable bonds is 5. The van der Waals surface area contributed by atoms with E-state index in [0.29, 0.717) is 12.1 Å². The highest BCUT2D eigenvalue weighted by Gasteiger charge is 2.25. The second-order valence-corrected chi connectivity index (χ2v) is 9.18. The first-order valence-electron chi connectivity index (χ1n) is 10.8. The van der Waals surface area contributed by atoms with Gasteiger partial charge in [0.05, 0.1) is 16.6 Å². The minimum atomic E-state index is -0.146. The van der Waals surface area contributed by atoms with E-state index in [4.69, 9.17) is 4.98 Å². The summed E-state index contributed by atoms with van der Waals surface area (Å²) < 4.78 is 0. The number of nitrogens with one attached hydrogen (secondary N) is 3. The number of carbonyl (C=O) groups is 2. The third kappa shape index (κ3) is 4.03. The Morgan fingerprint density at radius 2 is 1.84 bits per heavy atom. The van der Waals surface area contributed by atoms with Crippen LogP contribution >= 0.6 is 11.3 Å². The third-order valence-corrected chi connectivity index (χ3v) is 6.99. The molecular formula is C25H24N4O2S. The van der Waals surface area contributed by atoms with Crippen LogP contribution in [-0.2, 0) is 24.2 Å². The van der Waals surface area contributed by atoms with E-state index in [0.717, 1.165) is 52.2 Å². The summed E-state index contributed by atoms with van der Waals surface area (Å²) in [6.07, 6.45) is 4.38. The lowest BCUT2D eigenvalue weighted by molar-refractivity contribution is -0.119. The average molecular weight is 445 g/mol. The van der Waals surface area contributed by atoms with E-state index in [1.54, 1.807) is 23.5 Å². The molecule has 0 atom stereocenters. The number of amides is 2. The Labute approximate surface area is 190 Å². The molecule has 0 aliphatic heterocycles. The quantitative estimate of drug-likeness (QED) is 0.402. The van der Waals surface area contributed by atoms with Crippen molar-refractivity contribution in [2.75, 3.05) is 5.32 Å². The molecule has 5 rings (SSSR count). The smallest absolute Gasteiger partial charge is 0.256 e. The fourth-order valence-electron chi connectivity index (χ4n) is 4.15. The van der Waals surface area contributed by atoms with Crippen LogP contribution < -0.4 is 10.6 Å². The summed E-state index contributed by atoms with van der Waals surface area (Å²) in [5.74, 6) is 0.588. The Morgan fingerprint density at radius 1 is 1.06 bits per heavy atom. The third-order valence-electron chi connectivity index (χ3n) is 5.78. The molecule has 3 N–H and O–H groups in total. The van der Waals surface area contributed by atoms with Gasteiger partial charge in [-0.05, 0) is 61.1 Å². The Balaban J connectivity index is 1.45. The lowest BCUT2D eigenvalue weighted by Gasteiger charge is -2.12. The molecule has 2 amide bonds. The Kier molecular flexibility index (Phi) is 5.49. The zero-order valence-corrected chi connectivity index (χ0v) is 18.6. The van der Waals surface area contributed by atoms with Crippen molar-refractivity contribution < 1.29 is 9.59 Å². The number of aryl methyl sites for hydroxylation is 1. The minimum Gasteiger partial charge on any atom is -0.352 e. The maximum atomic E-state index is 13.1. The molecule has 0 saturated carbocycles. The molecule has 6 nitrogen and oxygen atoms in total. The highest BCUT2D eigenvalue weighted by atomic mass is 32.1. The summed E-state index contributed by atoms with van der Waals surface area (Å²) in [7, 11) is 0. The van der Waals surface area contributed by atoms with E-state index in [-0.39, 0.29) is 11.8 Å². The van der Waals surface area contributed by atoms with Gasteiger partial charge in [-0.2, -0.15) is 0 Å². The van der Waals surface area contributed by atoms with E-state index in [2.05, 4.69) is 15.6 Å². The lowest BCUT2D eigenvalue weighted by Crippen LogP contribution is -2.19. The van der Waals surface area contributed by atoms with Crippen LogP contribution in [0.1, 0.15) is 46.1 Å². The number of H-pyrrole nitrogens is 1. The molecule has 0 radical (unpaired) electrons. The van der Waals surface area contributed by atoms with Crippen LogP contribution in [0.5, 0.6) is 0 Å². The van der Waals surface area contributed by atoms with Crippen molar-refractivity contribution in [2.45, 2.75) is 39.2 Å². The first-order chi connectivity index (χ1) is 15.6. The molecule has 0 fully saturated rings. The monoisotopic (exact) mass is 444 g/mol. The fraction of sp³-hybridized carbons (Fsp3) is 0.240. The molecule has 4 aromatic rings. The first kappa shape index (κ1) is 20.5. The molecule has 0 unspecified atom stereocenters. The lowest BCUT2D eigenvalue weighted by atomic mass is 9.95. The van der Waals surface area contributed by atoms with Crippen molar-refractivity contribution in [2.24, 2.45) is 0 Å². The topological polar surface area (TPSA) is 86.9 Å². The highest BCUT2D eigenvalue weighted by molar-refractivity contribution is 7.17. The highest BCUT2D eigenvalue weighted by Crippen LogP contribution is 2.43. The van der Waals surface area contributed by atoms with Gasteiger partial charge in [-0.25, -0.2) is 4.98 Å². The summed E-state index contributed by atoms with van der Waals surface area (Å²) in [6, 6.07) is 15.3. The van der Waals surface area contributed by atoms with Crippen LogP contribution in [0.4, 0.5) is 5.00 Å². The predicted molar refractivity (Wildman–Crippen MR) is 128 cm³/mol. The Morgan fingerprint density at radius 3 is 2.62 bits per heavy atom. The molecule has 0 bridgehead atoms. The molecule has 162 valence electrons. The van der Waals surface area contributed by atoms with Crippen molar-refractivity contribution in [3.05, 3.63) is 70.1 Å². The SMILES string of the molecule is CC(=O)NCc1ccc(C(=O)Nc2sc3c(c2-c2nc4ccccc4[nH]2)CCCC3)cc1. The summed E-state index contributed by atoms with van der Waals surface area (Å²) in [4.78, 5) is 33.8. The number of nitrogens with zero attached hydrogens (tertiary/aromatic N) is 1. The van der Waals surface area contributed by atoms with Gasteiger partial charge in [-0.15, -0.1) is 11.3 Å². The summed E-state index contributed by atoms with van der Waals surface area (Å²) in [6.45, 7) is 1.94. The Bertz CT molecular complexity index is 1270. The van der Waals surface area contributed by atoms with E-state index in [1.165, 1.54) is 23.8 Å². The summed E-state index contributed by atoms with van der Waals surface area (Å²) in [5.41, 5.74) is 5.78. The van der Waals surface area contributed by atoms with Crippen molar-refractivity contribution in [1.82, 2.24) is 15.3 Å². The van der Waals surface area contributed by atoms with Crippen molar-refractivity contribution in [3.8, 4) is 11.4 Å². The van der Waals surface area contributed by atoms with E-state index in [1.807, 2.05) is 36.4 Å². The number of thiophene rings is 1. The standard InChI is InChI=1S/C25H24N4O2S/c1-15(30)26-14-16-10-12-17(13-11-16)24(31)29-25-22(18-6-2-5-9-21(18)32-25)23-27-19-7-3-4-8-20(19)28-23/h3-4,7-8,10-13H,2,5-6,9,14H2,1H3,(H,26,30)(H,27,28)(H,29,31). The number of hydrogen-bond donors (Lipinski definition) is 3. The number of imidazole rings is 1. The van der Waals surface area contributed by atoms with Crippen LogP contribution in [0, 0.1) is 0 Å². The number of aromatic amines is 1. The average Bonchev–Trinajstić information content (AvgIpc) is 3.38. The van der Waals surface area contributed by atoms with Gasteiger partial charge in [0.2, 0.25) is 5.91 Å². The molecule has 2 aromatic carbocycles. The van der Waals surface area contributed by atoms with Gasteiger partial charge in [0.25, 0.3) is 5.91 Å². The number of carbonyl (C=O) groups excluding carboxylic acids is 2. The molecule has 0 saturated heterocycles. The van der Waals surface area contributed by atoms with Gasteiger partial charge < -0.3 is 15.6 Å². The molecule has 2 aromatic heterocycles. The predicted octanol–water partition coefficient (Wildman–Crippen LogP) is 5.06. The maximum absolute atomic E-state index is 13.1. The second kappa shape index (κ2) is 8.59. The van der Waals surface area contributed by atoms with Gasteiger partial charge in [-0.1, -0.05) is 24.3 Å². The number of hydrogen-bond acceptors (Lipinski definition) is 4. The van der Waals surface area contributed by atoms with Gasteiger partial charge in [0.1, 0.15) is 10.8 Å². The van der Waals surface area contributed by atoms with Crippen molar-refractivity contribution in [3.63, 3.8) is 0 Å². The van der Waals surface area contributed by atoms with Crippen LogP contribution in [-0.4, -0.2) is 21.8 Å². The number of aromatic nitrogens is 2. The minimum absolute atomic E-state index is 0.0772. The van der Waals surface area contributed by atoms with Crippen molar-refractivity contribution >= 4 is 39.2 Å². The van der Waals surface area contributed by atoms with Gasteiger partial charge >= 0.3 is 0 Å². The van der Waals surface area contributed by atoms with Gasteiger partial charge in [0, 0.05) is 23.9 Å². The molecular weight excluding hydrogens is 420 g/mol. The first-order valence-corrected chi connectivity index (χ1v) is 11.6. The van der Waals surface area contributed by atoms with Gasteiger partial charge in [0.15, 0.2) is 0 Å². The molecule has 32 heavy (non-hydrogen) atoms. The normalized spacial score (nSPS) is 13.0. The van der Waals surface area contributed by atoms with E-state index < -0.39 is 0 Å². The fourth-order valence-corrected chi connectivity index (χ4v) is 5.44. The zero-order chi connectivity index (χ0) is 22.1. The van der Waals surface area contributed by atoms with Gasteiger partial charge in [-0.3, -0.25) is 9.59 Å². The number of fused-ring (bicyclic) bond motifs is 2. The van der Waals surface area contributed by atoms with Crippen LogP contribution in [0.3, 0.4) is 0 Å². The second-order valence-electron chi connectivity index (χ2n) is 8.08. The summed E-state index contributed by atoms with van der Waals surface area (Å²) >= 11 is 1.66. The van der Waals surface area contributed by atoms with E-state index >= 15 is 0 Å². The molecule has 7 heteroatoms. The molecule has 1 aliphatic rings. The largest absolute Gasteiger partial charge is 0.352 e. The zero-order valence-electron chi connectivity index (χ0n) is 17.8. The molecule has 2 heterocycles. The summed E-state index contributed by atoms with van der Waals surface area (Å²) in [5, 5.41) is 6.76. The Hall–Kier alpha value is -3.45. The van der Waals surface area contributed by atoms with E-state index in [9.17, 15) is 9.59 Å². The van der Waals surface area contributed by atoms with Crippen molar-refractivity contribution in [1.29, 1.82) is 0 Å². The van der Waals surface area contributed by atoms with Crippen LogP contribution in [0.2, 0.25) is 0 Å².